The summed E-state index contributed by atoms with van der Waals surface area (Å²) in [7, 11) is 0. The van der Waals surface area contributed by atoms with Crippen molar-refractivity contribution in [2.45, 2.75) is 59.5 Å². The molecule has 0 amide bonds. The van der Waals surface area contributed by atoms with Gasteiger partial charge in [-0.2, -0.15) is 0 Å². The Morgan fingerprint density at radius 2 is 1.82 bits per heavy atom. The van der Waals surface area contributed by atoms with Crippen molar-refractivity contribution < 1.29 is 14.3 Å². The minimum absolute atomic E-state index is 0.312. The first kappa shape index (κ1) is 23.5. The number of rotatable bonds is 4. The van der Waals surface area contributed by atoms with Crippen molar-refractivity contribution >= 4 is 51.2 Å². The van der Waals surface area contributed by atoms with Gasteiger partial charge in [-0.3, -0.25) is 4.79 Å². The van der Waals surface area contributed by atoms with E-state index in [9.17, 15) is 4.79 Å². The third-order valence-corrected chi connectivity index (χ3v) is 7.06. The van der Waals surface area contributed by atoms with E-state index < -0.39 is 5.60 Å². The molecule has 172 valence electrons. The van der Waals surface area contributed by atoms with E-state index in [1.807, 2.05) is 57.2 Å². The lowest BCUT2D eigenvalue weighted by molar-refractivity contribution is -0.132. The second-order valence-electron chi connectivity index (χ2n) is 9.02. The van der Waals surface area contributed by atoms with Crippen molar-refractivity contribution in [2.75, 3.05) is 5.32 Å². The molecule has 0 spiro atoms. The van der Waals surface area contributed by atoms with Gasteiger partial charge in [0, 0.05) is 40.4 Å². The van der Waals surface area contributed by atoms with Gasteiger partial charge < -0.3 is 14.8 Å². The lowest BCUT2D eigenvalue weighted by atomic mass is 9.85. The number of carbonyl (C=O) groups is 1. The highest BCUT2D eigenvalue weighted by molar-refractivity contribution is 7.80. The zero-order chi connectivity index (χ0) is 23.9. The summed E-state index contributed by atoms with van der Waals surface area (Å²) < 4.78 is 12.1. The van der Waals surface area contributed by atoms with Crippen LogP contribution in [0.25, 0.3) is 10.8 Å². The van der Waals surface area contributed by atoms with Crippen molar-refractivity contribution in [2.24, 2.45) is 0 Å². The number of benzene rings is 3. The summed E-state index contributed by atoms with van der Waals surface area (Å²) in [6, 6.07) is 11.9. The highest BCUT2D eigenvalue weighted by atomic mass is 35.5. The van der Waals surface area contributed by atoms with E-state index in [4.69, 9.17) is 33.3 Å². The molecule has 3 aromatic rings. The van der Waals surface area contributed by atoms with Crippen molar-refractivity contribution in [3.8, 4) is 11.5 Å². The molecule has 4 nitrogen and oxygen atoms in total. The molecule has 4 rings (SSSR count). The first-order valence-electron chi connectivity index (χ1n) is 11.1. The standard InChI is InChI=1S/C27H28ClNO3S/c1-15-16(2)26-19(17(3)25(15)31-18(4)30)12-13-27(5,32-26)14-24(33)29-23-11-10-22(28)20-8-6-7-9-21(20)23/h6-11H,12-14H2,1-5H3,(H,29,33). The summed E-state index contributed by atoms with van der Waals surface area (Å²) in [5.74, 6) is 1.22. The lowest BCUT2D eigenvalue weighted by Crippen LogP contribution is -2.40. The largest absolute Gasteiger partial charge is 0.487 e. The number of hydrogen-bond donors (Lipinski definition) is 1. The number of nitrogens with one attached hydrogen (secondary N) is 1. The second kappa shape index (κ2) is 8.96. The molecule has 1 atom stereocenters. The van der Waals surface area contributed by atoms with Gasteiger partial charge in [0.15, 0.2) is 0 Å². The van der Waals surface area contributed by atoms with Gasteiger partial charge in [0.2, 0.25) is 0 Å². The smallest absolute Gasteiger partial charge is 0.308 e. The fraction of sp³-hybridized carbons (Fsp3) is 0.333. The minimum atomic E-state index is -0.439. The molecule has 0 saturated carbocycles. The highest BCUT2D eigenvalue weighted by Crippen LogP contribution is 2.44. The van der Waals surface area contributed by atoms with E-state index in [1.165, 1.54) is 6.92 Å². The number of fused-ring (bicyclic) bond motifs is 2. The fourth-order valence-corrected chi connectivity index (χ4v) is 5.25. The molecule has 1 aliphatic rings. The third kappa shape index (κ3) is 4.57. The Kier molecular flexibility index (Phi) is 6.39. The van der Waals surface area contributed by atoms with E-state index >= 15 is 0 Å². The van der Waals surface area contributed by atoms with Crippen LogP contribution in [0, 0.1) is 20.8 Å². The van der Waals surface area contributed by atoms with Crippen LogP contribution in [0.3, 0.4) is 0 Å². The van der Waals surface area contributed by atoms with Crippen LogP contribution in [0.5, 0.6) is 11.5 Å². The predicted octanol–water partition coefficient (Wildman–Crippen LogP) is 7.26. The molecule has 1 aliphatic heterocycles. The number of anilines is 1. The summed E-state index contributed by atoms with van der Waals surface area (Å²) in [4.78, 5) is 12.3. The van der Waals surface area contributed by atoms with Crippen LogP contribution >= 0.6 is 23.8 Å². The molecule has 0 fully saturated rings. The Hall–Kier alpha value is -2.63. The Bertz CT molecular complexity index is 1290. The first-order chi connectivity index (χ1) is 15.6. The molecule has 0 saturated heterocycles. The lowest BCUT2D eigenvalue weighted by Gasteiger charge is -2.38. The average molecular weight is 482 g/mol. The monoisotopic (exact) mass is 481 g/mol. The summed E-state index contributed by atoms with van der Waals surface area (Å²) in [6.45, 7) is 9.51. The summed E-state index contributed by atoms with van der Waals surface area (Å²) >= 11 is 12.1. The van der Waals surface area contributed by atoms with Gasteiger partial charge in [-0.15, -0.1) is 0 Å². The topological polar surface area (TPSA) is 47.6 Å². The average Bonchev–Trinajstić information content (AvgIpc) is 2.77. The maximum absolute atomic E-state index is 11.6. The van der Waals surface area contributed by atoms with Gasteiger partial charge in [0.1, 0.15) is 17.1 Å². The Balaban J connectivity index is 1.57. The Morgan fingerprint density at radius 3 is 2.52 bits per heavy atom. The van der Waals surface area contributed by atoms with Gasteiger partial charge in [-0.05, 0) is 69.4 Å². The molecule has 6 heteroatoms. The molecule has 1 N–H and O–H groups in total. The molecular weight excluding hydrogens is 454 g/mol. The third-order valence-electron chi connectivity index (χ3n) is 6.49. The van der Waals surface area contributed by atoms with Crippen molar-refractivity contribution in [3.63, 3.8) is 0 Å². The van der Waals surface area contributed by atoms with Gasteiger partial charge in [-0.1, -0.05) is 48.1 Å². The summed E-state index contributed by atoms with van der Waals surface area (Å²) in [5, 5.41) is 6.16. The number of hydrogen-bond acceptors (Lipinski definition) is 4. The van der Waals surface area contributed by atoms with Crippen molar-refractivity contribution in [1.29, 1.82) is 0 Å². The van der Waals surface area contributed by atoms with Gasteiger partial charge in [0.25, 0.3) is 0 Å². The molecule has 0 aliphatic carbocycles. The van der Waals surface area contributed by atoms with E-state index in [0.29, 0.717) is 12.2 Å². The van der Waals surface area contributed by atoms with Crippen LogP contribution in [0.1, 0.15) is 48.9 Å². The summed E-state index contributed by atoms with van der Waals surface area (Å²) in [6.07, 6.45) is 2.23. The molecule has 0 aromatic heterocycles. The van der Waals surface area contributed by atoms with Crippen LogP contribution in [-0.4, -0.2) is 16.6 Å². The normalized spacial score (nSPS) is 17.3. The number of ether oxygens (including phenoxy) is 2. The van der Waals surface area contributed by atoms with Crippen LogP contribution in [0.4, 0.5) is 5.69 Å². The quantitative estimate of drug-likeness (QED) is 0.241. The molecule has 1 unspecified atom stereocenters. The van der Waals surface area contributed by atoms with Gasteiger partial charge >= 0.3 is 5.97 Å². The maximum Gasteiger partial charge on any atom is 0.308 e. The SMILES string of the molecule is CC(=O)Oc1c(C)c(C)c2c(c1C)CCC(C)(CC(=S)Nc1ccc(Cl)c3ccccc13)O2. The van der Waals surface area contributed by atoms with E-state index in [1.54, 1.807) is 0 Å². The zero-order valence-electron chi connectivity index (χ0n) is 19.6. The number of thiocarbonyl (C=S) groups is 1. The Labute approximate surface area is 205 Å². The Morgan fingerprint density at radius 1 is 1.12 bits per heavy atom. The number of carbonyl (C=O) groups excluding carboxylic acids is 1. The van der Waals surface area contributed by atoms with Crippen LogP contribution in [0.15, 0.2) is 36.4 Å². The number of esters is 1. The molecule has 3 aromatic carbocycles. The van der Waals surface area contributed by atoms with Crippen LogP contribution < -0.4 is 14.8 Å². The second-order valence-corrected chi connectivity index (χ2v) is 9.92. The van der Waals surface area contributed by atoms with E-state index in [2.05, 4.69) is 12.2 Å². The van der Waals surface area contributed by atoms with Gasteiger partial charge in [-0.25, -0.2) is 0 Å². The molecular formula is C27H28ClNO3S. The zero-order valence-corrected chi connectivity index (χ0v) is 21.2. The predicted molar refractivity (Wildman–Crippen MR) is 139 cm³/mol. The molecule has 0 bridgehead atoms. The minimum Gasteiger partial charge on any atom is -0.487 e. The maximum atomic E-state index is 11.6. The highest BCUT2D eigenvalue weighted by Gasteiger charge is 2.36. The van der Waals surface area contributed by atoms with Crippen molar-refractivity contribution in [3.05, 3.63) is 63.7 Å². The van der Waals surface area contributed by atoms with Gasteiger partial charge in [0.05, 0.1) is 4.99 Å². The van der Waals surface area contributed by atoms with Crippen LogP contribution in [0.2, 0.25) is 5.02 Å². The molecule has 0 radical (unpaired) electrons. The number of halogens is 1. The van der Waals surface area contributed by atoms with E-state index in [0.717, 1.165) is 67.3 Å². The molecule has 33 heavy (non-hydrogen) atoms. The van der Waals surface area contributed by atoms with Crippen molar-refractivity contribution in [1.82, 2.24) is 0 Å². The van der Waals surface area contributed by atoms with Crippen LogP contribution in [-0.2, 0) is 11.2 Å². The first-order valence-corrected chi connectivity index (χ1v) is 11.9. The summed E-state index contributed by atoms with van der Waals surface area (Å²) in [5.41, 5.74) is 4.51. The fourth-order valence-electron chi connectivity index (χ4n) is 4.61. The van der Waals surface area contributed by atoms with E-state index in [-0.39, 0.29) is 5.97 Å². The molecule has 1 heterocycles.